The number of aromatic nitrogens is 1. The summed E-state index contributed by atoms with van der Waals surface area (Å²) in [7, 11) is 0. The number of halogens is 2. The predicted octanol–water partition coefficient (Wildman–Crippen LogP) is 2.95. The molecule has 2 amide bonds. The first-order valence-corrected chi connectivity index (χ1v) is 9.14. The Morgan fingerprint density at radius 3 is 2.23 bits per heavy atom. The molecule has 1 aliphatic rings. The zero-order valence-corrected chi connectivity index (χ0v) is 15.6. The van der Waals surface area contributed by atoms with Crippen molar-refractivity contribution in [2.45, 2.75) is 0 Å². The number of nitro groups is 1. The Morgan fingerprint density at radius 2 is 1.60 bits per heavy atom. The van der Waals surface area contributed by atoms with Gasteiger partial charge in [-0.1, -0.05) is 0 Å². The lowest BCUT2D eigenvalue weighted by atomic mass is 10.1. The Bertz CT molecular complexity index is 1170. The summed E-state index contributed by atoms with van der Waals surface area (Å²) in [5.41, 5.74) is 0.848. The topological polar surface area (TPSA) is 99.6 Å². The maximum atomic E-state index is 13.4. The molecule has 154 valence electrons. The Labute approximate surface area is 168 Å². The Morgan fingerprint density at radius 1 is 0.933 bits per heavy atom. The van der Waals surface area contributed by atoms with Crippen LogP contribution in [-0.2, 0) is 0 Å². The quantitative estimate of drug-likeness (QED) is 0.526. The molecule has 2 aromatic carbocycles. The fourth-order valence-corrected chi connectivity index (χ4v) is 3.49. The van der Waals surface area contributed by atoms with Gasteiger partial charge >= 0.3 is 0 Å². The first-order valence-electron chi connectivity index (χ1n) is 9.14. The lowest BCUT2D eigenvalue weighted by Crippen LogP contribution is -2.50. The van der Waals surface area contributed by atoms with Crippen molar-refractivity contribution in [1.82, 2.24) is 14.8 Å². The van der Waals surface area contributed by atoms with Gasteiger partial charge < -0.3 is 14.8 Å². The van der Waals surface area contributed by atoms with Crippen LogP contribution < -0.4 is 0 Å². The van der Waals surface area contributed by atoms with Gasteiger partial charge in [-0.15, -0.1) is 0 Å². The highest BCUT2D eigenvalue weighted by atomic mass is 19.2. The molecule has 8 nitrogen and oxygen atoms in total. The fourth-order valence-electron chi connectivity index (χ4n) is 3.49. The molecule has 1 aliphatic heterocycles. The van der Waals surface area contributed by atoms with Gasteiger partial charge in [0.15, 0.2) is 11.6 Å². The van der Waals surface area contributed by atoms with Crippen molar-refractivity contribution in [1.29, 1.82) is 0 Å². The average Bonchev–Trinajstić information content (AvgIpc) is 3.18. The number of nitrogens with one attached hydrogen (secondary N) is 1. The molecular formula is C20H16F2N4O4. The number of hydrogen-bond acceptors (Lipinski definition) is 4. The summed E-state index contributed by atoms with van der Waals surface area (Å²) in [6.45, 7) is 0.948. The normalized spacial score (nSPS) is 14.2. The number of benzene rings is 2. The Balaban J connectivity index is 1.47. The van der Waals surface area contributed by atoms with E-state index in [2.05, 4.69) is 4.98 Å². The molecule has 0 radical (unpaired) electrons. The molecular weight excluding hydrogens is 398 g/mol. The van der Waals surface area contributed by atoms with E-state index in [1.165, 1.54) is 29.3 Å². The summed E-state index contributed by atoms with van der Waals surface area (Å²) in [5, 5.41) is 11.5. The molecule has 1 aromatic heterocycles. The first kappa shape index (κ1) is 19.5. The van der Waals surface area contributed by atoms with Crippen LogP contribution in [0.25, 0.3) is 10.9 Å². The van der Waals surface area contributed by atoms with Crippen LogP contribution in [0.5, 0.6) is 0 Å². The number of amides is 2. The molecule has 0 saturated carbocycles. The smallest absolute Gasteiger partial charge is 0.270 e. The number of H-pyrrole nitrogens is 1. The number of rotatable bonds is 3. The summed E-state index contributed by atoms with van der Waals surface area (Å²) in [6.07, 6.45) is 1.51. The van der Waals surface area contributed by atoms with Crippen LogP contribution in [0.15, 0.2) is 42.6 Å². The van der Waals surface area contributed by atoms with Crippen LogP contribution >= 0.6 is 0 Å². The van der Waals surface area contributed by atoms with Gasteiger partial charge in [0.05, 0.1) is 10.5 Å². The van der Waals surface area contributed by atoms with Gasteiger partial charge in [0.25, 0.3) is 17.5 Å². The molecule has 0 aliphatic carbocycles. The van der Waals surface area contributed by atoms with E-state index in [4.69, 9.17) is 0 Å². The zero-order chi connectivity index (χ0) is 21.4. The average molecular weight is 414 g/mol. The lowest BCUT2D eigenvalue weighted by Gasteiger charge is -2.34. The van der Waals surface area contributed by atoms with Gasteiger partial charge in [0.2, 0.25) is 0 Å². The van der Waals surface area contributed by atoms with Crippen LogP contribution in [0.4, 0.5) is 14.5 Å². The minimum Gasteiger partial charge on any atom is -0.360 e. The number of non-ortho nitro benzene ring substituents is 1. The number of carbonyl (C=O) groups excluding carboxylic acids is 2. The van der Waals surface area contributed by atoms with Gasteiger partial charge in [-0.25, -0.2) is 8.78 Å². The van der Waals surface area contributed by atoms with Crippen molar-refractivity contribution in [3.8, 4) is 0 Å². The number of nitrogens with zero attached hydrogens (tertiary/aromatic N) is 3. The molecule has 1 N–H and O–H groups in total. The van der Waals surface area contributed by atoms with Crippen molar-refractivity contribution >= 4 is 28.4 Å². The van der Waals surface area contributed by atoms with Gasteiger partial charge in [0, 0.05) is 61.0 Å². The van der Waals surface area contributed by atoms with Crippen LogP contribution in [-0.4, -0.2) is 57.7 Å². The summed E-state index contributed by atoms with van der Waals surface area (Å²) < 4.78 is 26.5. The highest BCUT2D eigenvalue weighted by molar-refractivity contribution is 6.07. The van der Waals surface area contributed by atoms with Crippen LogP contribution in [0.1, 0.15) is 20.7 Å². The second-order valence-corrected chi connectivity index (χ2v) is 6.90. The van der Waals surface area contributed by atoms with Crippen LogP contribution in [0.3, 0.4) is 0 Å². The third-order valence-electron chi connectivity index (χ3n) is 5.13. The molecule has 0 bridgehead atoms. The van der Waals surface area contributed by atoms with Crippen molar-refractivity contribution in [3.05, 3.63) is 75.5 Å². The van der Waals surface area contributed by atoms with Crippen molar-refractivity contribution in [3.63, 3.8) is 0 Å². The van der Waals surface area contributed by atoms with Gasteiger partial charge in [-0.3, -0.25) is 19.7 Å². The highest BCUT2D eigenvalue weighted by Crippen LogP contribution is 2.25. The van der Waals surface area contributed by atoms with Crippen LogP contribution in [0.2, 0.25) is 0 Å². The van der Waals surface area contributed by atoms with Crippen molar-refractivity contribution < 1.29 is 23.3 Å². The highest BCUT2D eigenvalue weighted by Gasteiger charge is 2.27. The summed E-state index contributed by atoms with van der Waals surface area (Å²) in [4.78, 5) is 41.9. The minimum absolute atomic E-state index is 0.0395. The van der Waals surface area contributed by atoms with E-state index in [-0.39, 0.29) is 43.3 Å². The standard InChI is InChI=1S/C20H16F2N4O4/c21-16-3-1-12(9-17(16)22)19(27)24-5-7-25(8-6-24)20(28)15-11-23-18-4-2-13(26(29)30)10-14(15)18/h1-4,9-11,23H,5-8H2. The van der Waals surface area contributed by atoms with E-state index >= 15 is 0 Å². The molecule has 2 heterocycles. The molecule has 1 saturated heterocycles. The third kappa shape index (κ3) is 3.47. The summed E-state index contributed by atoms with van der Waals surface area (Å²) in [6, 6.07) is 7.23. The zero-order valence-electron chi connectivity index (χ0n) is 15.6. The van der Waals surface area contributed by atoms with E-state index in [1.54, 1.807) is 11.0 Å². The van der Waals surface area contributed by atoms with Gasteiger partial charge in [-0.2, -0.15) is 0 Å². The third-order valence-corrected chi connectivity index (χ3v) is 5.13. The largest absolute Gasteiger partial charge is 0.360 e. The summed E-state index contributed by atoms with van der Waals surface area (Å²) >= 11 is 0. The number of aromatic amines is 1. The number of piperazine rings is 1. The second kappa shape index (κ2) is 7.54. The van der Waals surface area contributed by atoms with Gasteiger partial charge in [0.1, 0.15) is 0 Å². The van der Waals surface area contributed by atoms with E-state index < -0.39 is 22.5 Å². The molecule has 1 fully saturated rings. The van der Waals surface area contributed by atoms with Crippen molar-refractivity contribution in [2.24, 2.45) is 0 Å². The number of nitro benzene ring substituents is 1. The number of fused-ring (bicyclic) bond motifs is 1. The number of hydrogen-bond donors (Lipinski definition) is 1. The van der Waals surface area contributed by atoms with Crippen LogP contribution in [0, 0.1) is 21.7 Å². The van der Waals surface area contributed by atoms with Crippen molar-refractivity contribution in [2.75, 3.05) is 26.2 Å². The van der Waals surface area contributed by atoms with E-state index in [0.717, 1.165) is 12.1 Å². The van der Waals surface area contributed by atoms with Gasteiger partial charge in [-0.05, 0) is 24.3 Å². The molecule has 0 unspecified atom stereocenters. The second-order valence-electron chi connectivity index (χ2n) is 6.90. The Kier molecular flexibility index (Phi) is 4.90. The summed E-state index contributed by atoms with van der Waals surface area (Å²) in [5.74, 6) is -2.87. The molecule has 0 atom stereocenters. The molecule has 3 aromatic rings. The molecule has 0 spiro atoms. The van der Waals surface area contributed by atoms with E-state index in [0.29, 0.717) is 16.5 Å². The maximum absolute atomic E-state index is 13.4. The molecule has 30 heavy (non-hydrogen) atoms. The first-order chi connectivity index (χ1) is 14.3. The lowest BCUT2D eigenvalue weighted by molar-refractivity contribution is -0.384. The Hall–Kier alpha value is -3.82. The van der Waals surface area contributed by atoms with E-state index in [1.807, 2.05) is 0 Å². The monoisotopic (exact) mass is 414 g/mol. The van der Waals surface area contributed by atoms with E-state index in [9.17, 15) is 28.5 Å². The SMILES string of the molecule is O=C(c1ccc(F)c(F)c1)N1CCN(C(=O)c2c[nH]c3ccc([N+](=O)[O-])cc23)CC1. The minimum atomic E-state index is -1.09. The fraction of sp³-hybridized carbons (Fsp3) is 0.200. The predicted molar refractivity (Wildman–Crippen MR) is 103 cm³/mol. The molecule has 4 rings (SSSR count). The maximum Gasteiger partial charge on any atom is 0.270 e. The molecule has 10 heteroatoms. The number of carbonyl (C=O) groups is 2.